The molecule has 0 aliphatic rings. The Kier molecular flexibility index (Phi) is 6.29. The van der Waals surface area contributed by atoms with Gasteiger partial charge in [0.15, 0.2) is 0 Å². The molecule has 0 saturated carbocycles. The highest BCUT2D eigenvalue weighted by Gasteiger charge is 2.15. The predicted molar refractivity (Wildman–Crippen MR) is 119 cm³/mol. The van der Waals surface area contributed by atoms with Crippen molar-refractivity contribution >= 4 is 23.2 Å². The maximum Gasteiger partial charge on any atom is 0.255 e. The Morgan fingerprint density at radius 2 is 1.50 bits per heavy atom. The van der Waals surface area contributed by atoms with E-state index < -0.39 is 0 Å². The Balaban J connectivity index is 1.81. The summed E-state index contributed by atoms with van der Waals surface area (Å²) in [6.45, 7) is 6.12. The molecular weight excluding hydrogens is 374 g/mol. The molecule has 0 heterocycles. The lowest BCUT2D eigenvalue weighted by atomic mass is 9.98. The smallest absolute Gasteiger partial charge is 0.255 e. The van der Waals surface area contributed by atoms with Crippen LogP contribution in [0.1, 0.15) is 57.2 Å². The molecule has 0 atom stereocenters. The van der Waals surface area contributed by atoms with E-state index in [9.17, 15) is 9.59 Å². The molecule has 5 heteroatoms. The van der Waals surface area contributed by atoms with Crippen LogP contribution < -0.4 is 10.6 Å². The lowest BCUT2D eigenvalue weighted by molar-refractivity contribution is 0.102. The van der Waals surface area contributed by atoms with Gasteiger partial charge in [-0.15, -0.1) is 0 Å². The first kappa shape index (κ1) is 20.8. The molecule has 0 unspecified atom stereocenters. The number of carbonyl (C=O) groups excluding carboxylic acids is 2. The quantitative estimate of drug-likeness (QED) is 0.597. The van der Waals surface area contributed by atoms with E-state index in [1.54, 1.807) is 48.5 Å². The molecule has 2 amide bonds. The van der Waals surface area contributed by atoms with Gasteiger partial charge in [0, 0.05) is 22.5 Å². The number of nitrogens with zero attached hydrogens (tertiary/aromatic N) is 1. The first-order valence-electron chi connectivity index (χ1n) is 9.71. The Bertz CT molecular complexity index is 1140. The number of rotatable bonds is 5. The van der Waals surface area contributed by atoms with Crippen molar-refractivity contribution in [1.82, 2.24) is 0 Å². The summed E-state index contributed by atoms with van der Waals surface area (Å²) in [5, 5.41) is 14.8. The molecule has 0 bridgehead atoms. The van der Waals surface area contributed by atoms with Gasteiger partial charge in [-0.2, -0.15) is 5.26 Å². The van der Waals surface area contributed by atoms with E-state index in [0.29, 0.717) is 22.4 Å². The van der Waals surface area contributed by atoms with Gasteiger partial charge < -0.3 is 10.6 Å². The van der Waals surface area contributed by atoms with Crippen LogP contribution in [0.5, 0.6) is 0 Å². The molecule has 0 aromatic heterocycles. The average Bonchev–Trinajstić information content (AvgIpc) is 2.75. The van der Waals surface area contributed by atoms with E-state index in [1.807, 2.05) is 31.2 Å². The fourth-order valence-corrected chi connectivity index (χ4v) is 3.20. The monoisotopic (exact) mass is 397 g/mol. The van der Waals surface area contributed by atoms with E-state index in [0.717, 1.165) is 16.8 Å². The largest absolute Gasteiger partial charge is 0.322 e. The van der Waals surface area contributed by atoms with E-state index in [1.165, 1.54) is 0 Å². The number of benzene rings is 3. The van der Waals surface area contributed by atoms with E-state index in [4.69, 9.17) is 5.26 Å². The zero-order valence-electron chi connectivity index (χ0n) is 17.2. The normalized spacial score (nSPS) is 10.4. The number of nitrogens with one attached hydrogen (secondary N) is 2. The molecule has 3 aromatic carbocycles. The minimum absolute atomic E-state index is 0.265. The van der Waals surface area contributed by atoms with Crippen LogP contribution >= 0.6 is 0 Å². The zero-order chi connectivity index (χ0) is 21.7. The van der Waals surface area contributed by atoms with E-state index in [-0.39, 0.29) is 17.7 Å². The molecule has 30 heavy (non-hydrogen) atoms. The molecule has 0 fully saturated rings. The van der Waals surface area contributed by atoms with Gasteiger partial charge in [-0.05, 0) is 60.4 Å². The molecule has 3 aromatic rings. The van der Waals surface area contributed by atoms with Gasteiger partial charge >= 0.3 is 0 Å². The Labute approximate surface area is 176 Å². The summed E-state index contributed by atoms with van der Waals surface area (Å²) in [4.78, 5) is 25.5. The minimum Gasteiger partial charge on any atom is -0.322 e. The molecule has 0 aliphatic heterocycles. The van der Waals surface area contributed by atoms with Crippen LogP contribution in [0.2, 0.25) is 0 Å². The van der Waals surface area contributed by atoms with Gasteiger partial charge in [-0.3, -0.25) is 9.59 Å². The standard InChI is InChI=1S/C25H23N3O2/c1-16(2)22-12-4-7-17(3)23(22)28-25(30)20-10-6-9-19(14-20)24(29)27-21-11-5-8-18(13-21)15-26/h4-14,16H,1-3H3,(H,27,29)(H,28,30). The molecule has 0 spiro atoms. The SMILES string of the molecule is Cc1cccc(C(C)C)c1NC(=O)c1cccc(C(=O)Nc2cccc(C#N)c2)c1. The number of aryl methyl sites for hydroxylation is 1. The van der Waals surface area contributed by atoms with Crippen molar-refractivity contribution in [1.29, 1.82) is 5.26 Å². The average molecular weight is 397 g/mol. The van der Waals surface area contributed by atoms with Crippen LogP contribution in [0.25, 0.3) is 0 Å². The molecular formula is C25H23N3O2. The van der Waals surface area contributed by atoms with Crippen molar-refractivity contribution in [3.05, 3.63) is 94.5 Å². The van der Waals surface area contributed by atoms with Crippen molar-refractivity contribution in [2.75, 3.05) is 10.6 Å². The van der Waals surface area contributed by atoms with Crippen LogP contribution in [0.3, 0.4) is 0 Å². The van der Waals surface area contributed by atoms with Gasteiger partial charge in [0.2, 0.25) is 0 Å². The maximum absolute atomic E-state index is 12.9. The number of hydrogen-bond donors (Lipinski definition) is 2. The van der Waals surface area contributed by atoms with Crippen molar-refractivity contribution < 1.29 is 9.59 Å². The van der Waals surface area contributed by atoms with Gasteiger partial charge in [0.1, 0.15) is 0 Å². The second-order valence-corrected chi connectivity index (χ2v) is 7.38. The summed E-state index contributed by atoms with van der Waals surface area (Å²) in [5.41, 5.74) is 4.59. The third-order valence-corrected chi connectivity index (χ3v) is 4.80. The third-order valence-electron chi connectivity index (χ3n) is 4.80. The third kappa shape index (κ3) is 4.73. The number of nitriles is 1. The van der Waals surface area contributed by atoms with Crippen molar-refractivity contribution in [2.24, 2.45) is 0 Å². The summed E-state index contributed by atoms with van der Waals surface area (Å²) in [6, 6.07) is 21.2. The highest BCUT2D eigenvalue weighted by atomic mass is 16.2. The van der Waals surface area contributed by atoms with Crippen LogP contribution in [0.4, 0.5) is 11.4 Å². The van der Waals surface area contributed by atoms with Crippen molar-refractivity contribution in [2.45, 2.75) is 26.7 Å². The Hall–Kier alpha value is -3.91. The number of anilines is 2. The number of carbonyl (C=O) groups is 2. The molecule has 0 aliphatic carbocycles. The molecule has 0 radical (unpaired) electrons. The lowest BCUT2D eigenvalue weighted by Gasteiger charge is -2.16. The van der Waals surface area contributed by atoms with Crippen LogP contribution in [0.15, 0.2) is 66.7 Å². The Morgan fingerprint density at radius 3 is 2.17 bits per heavy atom. The first-order valence-corrected chi connectivity index (χ1v) is 9.71. The number of hydrogen-bond acceptors (Lipinski definition) is 3. The van der Waals surface area contributed by atoms with Gasteiger partial charge in [-0.25, -0.2) is 0 Å². The van der Waals surface area contributed by atoms with Gasteiger partial charge in [0.25, 0.3) is 11.8 Å². The highest BCUT2D eigenvalue weighted by molar-refractivity contribution is 6.09. The summed E-state index contributed by atoms with van der Waals surface area (Å²) >= 11 is 0. The summed E-state index contributed by atoms with van der Waals surface area (Å²) in [5.74, 6) is -0.354. The fraction of sp³-hybridized carbons (Fsp3) is 0.160. The molecule has 2 N–H and O–H groups in total. The van der Waals surface area contributed by atoms with Crippen LogP contribution in [-0.2, 0) is 0 Å². The molecule has 5 nitrogen and oxygen atoms in total. The van der Waals surface area contributed by atoms with Crippen LogP contribution in [0, 0.1) is 18.3 Å². The highest BCUT2D eigenvalue weighted by Crippen LogP contribution is 2.28. The number of amides is 2. The number of para-hydroxylation sites is 1. The molecule has 0 saturated heterocycles. The summed E-state index contributed by atoms with van der Waals surface area (Å²) in [6.07, 6.45) is 0. The second-order valence-electron chi connectivity index (χ2n) is 7.38. The molecule has 3 rings (SSSR count). The van der Waals surface area contributed by atoms with E-state index >= 15 is 0 Å². The lowest BCUT2D eigenvalue weighted by Crippen LogP contribution is -2.17. The summed E-state index contributed by atoms with van der Waals surface area (Å²) < 4.78 is 0. The first-order chi connectivity index (χ1) is 14.4. The topological polar surface area (TPSA) is 82.0 Å². The maximum atomic E-state index is 12.9. The van der Waals surface area contributed by atoms with Crippen molar-refractivity contribution in [3.63, 3.8) is 0 Å². The van der Waals surface area contributed by atoms with Gasteiger partial charge in [0.05, 0.1) is 11.6 Å². The molecule has 150 valence electrons. The van der Waals surface area contributed by atoms with Crippen LogP contribution in [-0.4, -0.2) is 11.8 Å². The predicted octanol–water partition coefficient (Wildman–Crippen LogP) is 5.49. The van der Waals surface area contributed by atoms with E-state index in [2.05, 4.69) is 24.5 Å². The fourth-order valence-electron chi connectivity index (χ4n) is 3.20. The van der Waals surface area contributed by atoms with Crippen molar-refractivity contribution in [3.8, 4) is 6.07 Å². The zero-order valence-corrected chi connectivity index (χ0v) is 17.2. The van der Waals surface area contributed by atoms with Gasteiger partial charge in [-0.1, -0.05) is 44.2 Å². The Morgan fingerprint density at radius 1 is 0.867 bits per heavy atom. The second kappa shape index (κ2) is 9.06. The summed E-state index contributed by atoms with van der Waals surface area (Å²) in [7, 11) is 0. The minimum atomic E-state index is -0.349.